The van der Waals surface area contributed by atoms with Gasteiger partial charge in [-0.05, 0) is 29.3 Å². The third kappa shape index (κ3) is 4.05. The van der Waals surface area contributed by atoms with Gasteiger partial charge in [-0.25, -0.2) is 4.39 Å². The summed E-state index contributed by atoms with van der Waals surface area (Å²) in [4.78, 5) is 12.4. The maximum atomic E-state index is 13.9. The Kier molecular flexibility index (Phi) is 5.52. The Morgan fingerprint density at radius 2 is 1.82 bits per heavy atom. The smallest absolute Gasteiger partial charge is 0.226 e. The standard InChI is InChI=1S/C26H22FN3O3/c1-32-22-13-17(11-12-21(22)33-15-18-9-5-6-10-20(18)27)19-14-23(31)28-26-24(19)25(29-30-26)16-7-3-2-4-8-16/h2-13,19H,14-15H2,1H3,(H2,28,29,30,31)/t19-/m0/s1. The van der Waals surface area contributed by atoms with Crippen LogP contribution >= 0.6 is 0 Å². The number of carbonyl (C=O) groups excluding carboxylic acids is 1. The van der Waals surface area contributed by atoms with Gasteiger partial charge in [0, 0.05) is 23.5 Å². The number of aromatic amines is 1. The van der Waals surface area contributed by atoms with Crippen LogP contribution in [0.15, 0.2) is 72.8 Å². The van der Waals surface area contributed by atoms with Crippen LogP contribution in [0.3, 0.4) is 0 Å². The highest BCUT2D eigenvalue weighted by Gasteiger charge is 2.32. The molecule has 0 bridgehead atoms. The molecule has 1 amide bonds. The van der Waals surface area contributed by atoms with E-state index in [1.807, 2.05) is 42.5 Å². The van der Waals surface area contributed by atoms with E-state index in [1.165, 1.54) is 6.07 Å². The zero-order chi connectivity index (χ0) is 22.8. The number of nitrogens with one attached hydrogen (secondary N) is 2. The number of hydrogen-bond donors (Lipinski definition) is 2. The number of nitrogens with zero attached hydrogens (tertiary/aromatic N) is 1. The molecule has 0 saturated heterocycles. The summed E-state index contributed by atoms with van der Waals surface area (Å²) in [6, 6.07) is 21.9. The van der Waals surface area contributed by atoms with Crippen LogP contribution in [0, 0.1) is 5.82 Å². The molecule has 0 radical (unpaired) electrons. The summed E-state index contributed by atoms with van der Waals surface area (Å²) in [6.07, 6.45) is 0.283. The summed E-state index contributed by atoms with van der Waals surface area (Å²) in [7, 11) is 1.56. The Labute approximate surface area is 190 Å². The first-order valence-corrected chi connectivity index (χ1v) is 10.6. The van der Waals surface area contributed by atoms with E-state index in [-0.39, 0.29) is 30.7 Å². The van der Waals surface area contributed by atoms with Gasteiger partial charge in [0.1, 0.15) is 12.4 Å². The van der Waals surface area contributed by atoms with Crippen molar-refractivity contribution < 1.29 is 18.7 Å². The quantitative estimate of drug-likeness (QED) is 0.425. The topological polar surface area (TPSA) is 76.2 Å². The average molecular weight is 443 g/mol. The van der Waals surface area contributed by atoms with E-state index in [0.29, 0.717) is 22.9 Å². The van der Waals surface area contributed by atoms with Gasteiger partial charge < -0.3 is 14.8 Å². The van der Waals surface area contributed by atoms with Gasteiger partial charge in [0.25, 0.3) is 0 Å². The lowest BCUT2D eigenvalue weighted by atomic mass is 9.84. The number of carbonyl (C=O) groups is 1. The summed E-state index contributed by atoms with van der Waals surface area (Å²) in [5, 5.41) is 10.3. The van der Waals surface area contributed by atoms with Crippen LogP contribution in [-0.2, 0) is 11.4 Å². The van der Waals surface area contributed by atoms with Crippen molar-refractivity contribution >= 4 is 11.7 Å². The number of benzene rings is 3. The molecular weight excluding hydrogens is 421 g/mol. The zero-order valence-electron chi connectivity index (χ0n) is 18.0. The first-order chi connectivity index (χ1) is 16.1. The predicted octanol–water partition coefficient (Wildman–Crippen LogP) is 5.28. The van der Waals surface area contributed by atoms with Gasteiger partial charge in [-0.15, -0.1) is 0 Å². The van der Waals surface area contributed by atoms with Crippen LogP contribution in [0.5, 0.6) is 11.5 Å². The van der Waals surface area contributed by atoms with Crippen molar-refractivity contribution in [3.8, 4) is 22.8 Å². The second kappa shape index (κ2) is 8.78. The SMILES string of the molecule is COc1cc([C@@H]2CC(=O)Nc3n[nH]c(-c4ccccc4)c32)ccc1OCc1ccccc1F. The van der Waals surface area contributed by atoms with Crippen LogP contribution in [0.4, 0.5) is 10.2 Å². The first-order valence-electron chi connectivity index (χ1n) is 10.6. The fourth-order valence-electron chi connectivity index (χ4n) is 4.16. The summed E-state index contributed by atoms with van der Waals surface area (Å²) in [5.41, 5.74) is 4.16. The molecule has 1 aliphatic heterocycles. The zero-order valence-corrected chi connectivity index (χ0v) is 18.0. The van der Waals surface area contributed by atoms with Crippen molar-refractivity contribution in [2.75, 3.05) is 12.4 Å². The molecule has 7 heteroatoms. The number of methoxy groups -OCH3 is 1. The van der Waals surface area contributed by atoms with Crippen molar-refractivity contribution in [3.05, 3.63) is 95.3 Å². The number of aromatic nitrogens is 2. The van der Waals surface area contributed by atoms with Crippen molar-refractivity contribution in [3.63, 3.8) is 0 Å². The summed E-state index contributed by atoms with van der Waals surface area (Å²) < 4.78 is 25.4. The van der Waals surface area contributed by atoms with Crippen LogP contribution in [-0.4, -0.2) is 23.2 Å². The number of rotatable bonds is 6. The summed E-state index contributed by atoms with van der Waals surface area (Å²) >= 11 is 0. The minimum atomic E-state index is -0.317. The highest BCUT2D eigenvalue weighted by molar-refractivity contribution is 5.96. The Morgan fingerprint density at radius 3 is 2.61 bits per heavy atom. The number of ether oxygens (including phenoxy) is 2. The van der Waals surface area contributed by atoms with E-state index in [2.05, 4.69) is 15.5 Å². The molecule has 0 fully saturated rings. The van der Waals surface area contributed by atoms with Gasteiger partial charge in [-0.1, -0.05) is 54.6 Å². The third-order valence-electron chi connectivity index (χ3n) is 5.79. The number of fused-ring (bicyclic) bond motifs is 1. The second-order valence-corrected chi connectivity index (χ2v) is 7.82. The highest BCUT2D eigenvalue weighted by Crippen LogP contribution is 2.43. The molecule has 1 aromatic heterocycles. The van der Waals surface area contributed by atoms with E-state index >= 15 is 0 Å². The molecule has 2 heterocycles. The molecule has 33 heavy (non-hydrogen) atoms. The van der Waals surface area contributed by atoms with E-state index in [0.717, 1.165) is 22.4 Å². The molecule has 6 nitrogen and oxygen atoms in total. The molecule has 0 spiro atoms. The number of amides is 1. The van der Waals surface area contributed by atoms with Crippen LogP contribution < -0.4 is 14.8 Å². The van der Waals surface area contributed by atoms with Gasteiger partial charge >= 0.3 is 0 Å². The maximum Gasteiger partial charge on any atom is 0.226 e. The Balaban J connectivity index is 1.48. The lowest BCUT2D eigenvalue weighted by Crippen LogP contribution is -2.23. The number of hydrogen-bond acceptors (Lipinski definition) is 4. The lowest BCUT2D eigenvalue weighted by molar-refractivity contribution is -0.116. The molecule has 1 atom stereocenters. The Hall–Kier alpha value is -4.13. The minimum Gasteiger partial charge on any atom is -0.493 e. The minimum absolute atomic E-state index is 0.0816. The molecule has 0 saturated carbocycles. The van der Waals surface area contributed by atoms with E-state index in [9.17, 15) is 9.18 Å². The molecule has 3 aromatic carbocycles. The lowest BCUT2D eigenvalue weighted by Gasteiger charge is -2.24. The maximum absolute atomic E-state index is 13.9. The van der Waals surface area contributed by atoms with Crippen molar-refractivity contribution in [1.29, 1.82) is 0 Å². The summed E-state index contributed by atoms with van der Waals surface area (Å²) in [6.45, 7) is 0.0816. The van der Waals surface area contributed by atoms with Crippen LogP contribution in [0.1, 0.15) is 29.0 Å². The van der Waals surface area contributed by atoms with Crippen molar-refractivity contribution in [1.82, 2.24) is 10.2 Å². The van der Waals surface area contributed by atoms with Gasteiger partial charge in [-0.2, -0.15) is 5.10 Å². The van der Waals surface area contributed by atoms with Gasteiger partial charge in [0.2, 0.25) is 5.91 Å². The largest absolute Gasteiger partial charge is 0.493 e. The molecule has 0 unspecified atom stereocenters. The fraction of sp³-hybridized carbons (Fsp3) is 0.154. The average Bonchev–Trinajstić information content (AvgIpc) is 3.27. The molecule has 4 aromatic rings. The van der Waals surface area contributed by atoms with Gasteiger partial charge in [-0.3, -0.25) is 9.89 Å². The van der Waals surface area contributed by atoms with Gasteiger partial charge in [0.15, 0.2) is 17.3 Å². The van der Waals surface area contributed by atoms with Crippen molar-refractivity contribution in [2.24, 2.45) is 0 Å². The second-order valence-electron chi connectivity index (χ2n) is 7.82. The van der Waals surface area contributed by atoms with Crippen LogP contribution in [0.2, 0.25) is 0 Å². The highest BCUT2D eigenvalue weighted by atomic mass is 19.1. The third-order valence-corrected chi connectivity index (χ3v) is 5.79. The Bertz CT molecular complexity index is 1300. The molecule has 5 rings (SSSR count). The van der Waals surface area contributed by atoms with E-state index in [4.69, 9.17) is 9.47 Å². The number of anilines is 1. The van der Waals surface area contributed by atoms with E-state index < -0.39 is 0 Å². The van der Waals surface area contributed by atoms with Crippen molar-refractivity contribution in [2.45, 2.75) is 18.9 Å². The molecule has 166 valence electrons. The van der Waals surface area contributed by atoms with E-state index in [1.54, 1.807) is 31.4 Å². The summed E-state index contributed by atoms with van der Waals surface area (Å²) in [5.74, 6) is 0.924. The monoisotopic (exact) mass is 443 g/mol. The Morgan fingerprint density at radius 1 is 1.03 bits per heavy atom. The van der Waals surface area contributed by atoms with Gasteiger partial charge in [0.05, 0.1) is 12.8 Å². The molecule has 2 N–H and O–H groups in total. The van der Waals surface area contributed by atoms with Crippen LogP contribution in [0.25, 0.3) is 11.3 Å². The molecular formula is C26H22FN3O3. The first kappa shape index (κ1) is 20.8. The normalized spacial score (nSPS) is 15.0. The molecule has 1 aliphatic rings. The predicted molar refractivity (Wildman–Crippen MR) is 123 cm³/mol. The number of H-pyrrole nitrogens is 1. The molecule has 0 aliphatic carbocycles. The number of halogens is 1. The fourth-order valence-corrected chi connectivity index (χ4v) is 4.16.